The minimum Gasteiger partial charge on any atom is -0.378 e. The van der Waals surface area contributed by atoms with Crippen molar-refractivity contribution < 1.29 is 4.79 Å². The number of carbonyl (C=O) groups excluding carboxylic acids is 1. The fourth-order valence-electron chi connectivity index (χ4n) is 1.89. The summed E-state index contributed by atoms with van der Waals surface area (Å²) in [6.45, 7) is 1.50. The maximum Gasteiger partial charge on any atom is 0.221 e. The summed E-state index contributed by atoms with van der Waals surface area (Å²) in [5.41, 5.74) is 3.89. The molecular formula is C16H19N3O. The van der Waals surface area contributed by atoms with Crippen LogP contribution in [-0.4, -0.2) is 20.0 Å². The molecule has 2 aromatic rings. The molecule has 2 rings (SSSR count). The minimum atomic E-state index is -0.0718. The normalized spacial score (nSPS) is 9.95. The topological polar surface area (TPSA) is 44.4 Å². The van der Waals surface area contributed by atoms with Gasteiger partial charge in [-0.05, 0) is 42.5 Å². The van der Waals surface area contributed by atoms with Gasteiger partial charge in [-0.2, -0.15) is 0 Å². The summed E-state index contributed by atoms with van der Waals surface area (Å²) < 4.78 is 0. The monoisotopic (exact) mass is 269 g/mol. The van der Waals surface area contributed by atoms with Crippen molar-refractivity contribution >= 4 is 28.7 Å². The molecule has 2 N–H and O–H groups in total. The van der Waals surface area contributed by atoms with Crippen molar-refractivity contribution in [1.29, 1.82) is 0 Å². The van der Waals surface area contributed by atoms with E-state index in [4.69, 9.17) is 0 Å². The summed E-state index contributed by atoms with van der Waals surface area (Å²) in [5.74, 6) is -0.0718. The Morgan fingerprint density at radius 3 is 2.20 bits per heavy atom. The van der Waals surface area contributed by atoms with Crippen LogP contribution < -0.4 is 15.5 Å². The van der Waals surface area contributed by atoms with Gasteiger partial charge in [0, 0.05) is 43.8 Å². The van der Waals surface area contributed by atoms with Gasteiger partial charge in [-0.3, -0.25) is 4.79 Å². The lowest BCUT2D eigenvalue weighted by Crippen LogP contribution is -2.08. The summed E-state index contributed by atoms with van der Waals surface area (Å²) in [7, 11) is 4.03. The second-order valence-electron chi connectivity index (χ2n) is 4.83. The number of rotatable bonds is 4. The second-order valence-corrected chi connectivity index (χ2v) is 4.83. The first-order valence-electron chi connectivity index (χ1n) is 6.46. The van der Waals surface area contributed by atoms with Crippen molar-refractivity contribution in [2.24, 2.45) is 0 Å². The van der Waals surface area contributed by atoms with Gasteiger partial charge in [0.25, 0.3) is 0 Å². The van der Waals surface area contributed by atoms with Crippen molar-refractivity contribution in [3.63, 3.8) is 0 Å². The predicted molar refractivity (Wildman–Crippen MR) is 84.8 cm³/mol. The molecule has 0 aliphatic rings. The van der Waals surface area contributed by atoms with Crippen LogP contribution in [0.4, 0.5) is 22.7 Å². The molecular weight excluding hydrogens is 250 g/mol. The Hall–Kier alpha value is -2.49. The average Bonchev–Trinajstić information content (AvgIpc) is 2.39. The molecule has 4 heteroatoms. The second kappa shape index (κ2) is 6.10. The zero-order valence-electron chi connectivity index (χ0n) is 12.0. The van der Waals surface area contributed by atoms with Crippen molar-refractivity contribution in [2.45, 2.75) is 6.92 Å². The molecule has 0 unspecified atom stereocenters. The highest BCUT2D eigenvalue weighted by molar-refractivity contribution is 5.89. The van der Waals surface area contributed by atoms with Gasteiger partial charge in [-0.25, -0.2) is 0 Å². The fraction of sp³-hybridized carbons (Fsp3) is 0.188. The zero-order chi connectivity index (χ0) is 14.5. The van der Waals surface area contributed by atoms with Gasteiger partial charge in [0.2, 0.25) is 5.91 Å². The first kappa shape index (κ1) is 13.9. The van der Waals surface area contributed by atoms with E-state index in [0.29, 0.717) is 0 Å². The summed E-state index contributed by atoms with van der Waals surface area (Å²) >= 11 is 0. The summed E-state index contributed by atoms with van der Waals surface area (Å²) in [6.07, 6.45) is 0. The van der Waals surface area contributed by atoms with Gasteiger partial charge in [0.1, 0.15) is 0 Å². The van der Waals surface area contributed by atoms with Gasteiger partial charge in [-0.15, -0.1) is 0 Å². The smallest absolute Gasteiger partial charge is 0.221 e. The Balaban J connectivity index is 2.11. The fourth-order valence-corrected chi connectivity index (χ4v) is 1.89. The molecule has 4 nitrogen and oxygen atoms in total. The van der Waals surface area contributed by atoms with Crippen molar-refractivity contribution in [2.75, 3.05) is 29.6 Å². The highest BCUT2D eigenvalue weighted by Gasteiger charge is 2.00. The highest BCUT2D eigenvalue weighted by atomic mass is 16.1. The average molecular weight is 269 g/mol. The Morgan fingerprint density at radius 2 is 1.60 bits per heavy atom. The van der Waals surface area contributed by atoms with E-state index < -0.39 is 0 Å². The molecule has 0 saturated heterocycles. The maximum absolute atomic E-state index is 11.0. The lowest BCUT2D eigenvalue weighted by atomic mass is 10.2. The lowest BCUT2D eigenvalue weighted by molar-refractivity contribution is -0.114. The van der Waals surface area contributed by atoms with E-state index >= 15 is 0 Å². The number of hydrogen-bond acceptors (Lipinski definition) is 3. The first-order chi connectivity index (χ1) is 9.54. The molecule has 0 saturated carbocycles. The largest absolute Gasteiger partial charge is 0.378 e. The highest BCUT2D eigenvalue weighted by Crippen LogP contribution is 2.22. The number of carbonyl (C=O) groups is 1. The van der Waals surface area contributed by atoms with Crippen LogP contribution in [0.2, 0.25) is 0 Å². The summed E-state index contributed by atoms with van der Waals surface area (Å²) in [4.78, 5) is 13.1. The maximum atomic E-state index is 11.0. The quantitative estimate of drug-likeness (QED) is 0.893. The van der Waals surface area contributed by atoms with E-state index in [9.17, 15) is 4.79 Å². The SMILES string of the molecule is CC(=O)Nc1cccc(Nc2ccc(N(C)C)cc2)c1. The van der Waals surface area contributed by atoms with E-state index in [0.717, 1.165) is 22.7 Å². The minimum absolute atomic E-state index is 0.0718. The Labute approximate surface area is 119 Å². The van der Waals surface area contributed by atoms with E-state index in [1.807, 2.05) is 50.5 Å². The van der Waals surface area contributed by atoms with Crippen LogP contribution in [0, 0.1) is 0 Å². The summed E-state index contributed by atoms with van der Waals surface area (Å²) in [6, 6.07) is 15.8. The van der Waals surface area contributed by atoms with Crippen molar-refractivity contribution in [3.05, 3.63) is 48.5 Å². The third-order valence-electron chi connectivity index (χ3n) is 2.86. The van der Waals surface area contributed by atoms with E-state index in [-0.39, 0.29) is 5.91 Å². The number of anilines is 4. The molecule has 0 spiro atoms. The predicted octanol–water partition coefficient (Wildman–Crippen LogP) is 3.45. The Bertz CT molecular complexity index is 591. The number of nitrogens with zero attached hydrogens (tertiary/aromatic N) is 1. The lowest BCUT2D eigenvalue weighted by Gasteiger charge is -2.13. The molecule has 1 amide bonds. The van der Waals surface area contributed by atoms with Crippen LogP contribution in [0.5, 0.6) is 0 Å². The molecule has 0 heterocycles. The van der Waals surface area contributed by atoms with E-state index in [2.05, 4.69) is 27.7 Å². The number of nitrogens with one attached hydrogen (secondary N) is 2. The van der Waals surface area contributed by atoms with Gasteiger partial charge in [0.15, 0.2) is 0 Å². The third kappa shape index (κ3) is 3.75. The van der Waals surface area contributed by atoms with Gasteiger partial charge in [0.05, 0.1) is 0 Å². The zero-order valence-corrected chi connectivity index (χ0v) is 12.0. The molecule has 0 atom stereocenters. The van der Waals surface area contributed by atoms with Crippen LogP contribution in [0.15, 0.2) is 48.5 Å². The van der Waals surface area contributed by atoms with Crippen LogP contribution in [-0.2, 0) is 4.79 Å². The van der Waals surface area contributed by atoms with Crippen molar-refractivity contribution in [3.8, 4) is 0 Å². The number of benzene rings is 2. The first-order valence-corrected chi connectivity index (χ1v) is 6.46. The standard InChI is InChI=1S/C16H19N3O/c1-12(20)17-14-5-4-6-15(11-14)18-13-7-9-16(10-8-13)19(2)3/h4-11,18H,1-3H3,(H,17,20). The molecule has 0 radical (unpaired) electrons. The Kier molecular flexibility index (Phi) is 4.25. The molecule has 0 aliphatic heterocycles. The molecule has 0 aliphatic carbocycles. The molecule has 0 bridgehead atoms. The van der Waals surface area contributed by atoms with Gasteiger partial charge in [-0.1, -0.05) is 6.07 Å². The number of hydrogen-bond donors (Lipinski definition) is 2. The molecule has 2 aromatic carbocycles. The molecule has 0 fully saturated rings. The number of amides is 1. The summed E-state index contributed by atoms with van der Waals surface area (Å²) in [5, 5.41) is 6.08. The van der Waals surface area contributed by atoms with E-state index in [1.54, 1.807) is 0 Å². The van der Waals surface area contributed by atoms with Crippen LogP contribution >= 0.6 is 0 Å². The Morgan fingerprint density at radius 1 is 0.950 bits per heavy atom. The molecule has 20 heavy (non-hydrogen) atoms. The molecule has 0 aromatic heterocycles. The van der Waals surface area contributed by atoms with E-state index in [1.165, 1.54) is 6.92 Å². The molecule has 104 valence electrons. The van der Waals surface area contributed by atoms with Crippen LogP contribution in [0.25, 0.3) is 0 Å². The third-order valence-corrected chi connectivity index (χ3v) is 2.86. The van der Waals surface area contributed by atoms with Gasteiger partial charge >= 0.3 is 0 Å². The van der Waals surface area contributed by atoms with Gasteiger partial charge < -0.3 is 15.5 Å². The van der Waals surface area contributed by atoms with Crippen LogP contribution in [0.1, 0.15) is 6.92 Å². The van der Waals surface area contributed by atoms with Crippen molar-refractivity contribution in [1.82, 2.24) is 0 Å². The van der Waals surface area contributed by atoms with Crippen LogP contribution in [0.3, 0.4) is 0 Å².